The van der Waals surface area contributed by atoms with E-state index in [0.717, 1.165) is 0 Å². The highest BCUT2D eigenvalue weighted by atomic mass is 16.6. The van der Waals surface area contributed by atoms with E-state index in [2.05, 4.69) is 16.1 Å². The van der Waals surface area contributed by atoms with Crippen molar-refractivity contribution in [2.24, 2.45) is 0 Å². The first kappa shape index (κ1) is 12.8. The lowest BCUT2D eigenvalue weighted by atomic mass is 10.4. The summed E-state index contributed by atoms with van der Waals surface area (Å²) in [5.41, 5.74) is 0.413. The van der Waals surface area contributed by atoms with Crippen LogP contribution in [0.1, 0.15) is 6.92 Å². The van der Waals surface area contributed by atoms with Gasteiger partial charge in [0.15, 0.2) is 0 Å². The maximum absolute atomic E-state index is 10.6. The second-order valence-electron chi connectivity index (χ2n) is 1.91. The van der Waals surface area contributed by atoms with Crippen LogP contribution in [-0.2, 0) is 14.3 Å². The number of esters is 1. The Hall–Kier alpha value is -0.870. The molecule has 0 aromatic rings. The molecule has 0 unspecified atom stereocenters. The van der Waals surface area contributed by atoms with Gasteiger partial charge in [0.2, 0.25) is 0 Å². The number of carbonyl (C=O) groups excluding carboxylic acids is 1. The molecule has 0 heterocycles. The second-order valence-corrected chi connectivity index (χ2v) is 1.91. The van der Waals surface area contributed by atoms with Crippen LogP contribution in [-0.4, -0.2) is 26.3 Å². The average Bonchev–Trinajstić information content (AvgIpc) is 1.88. The molecule has 64 valence electrons. The third kappa shape index (κ3) is 7.02. The summed E-state index contributed by atoms with van der Waals surface area (Å²) in [5, 5.41) is 0. The molecule has 0 aliphatic rings. The summed E-state index contributed by atoms with van der Waals surface area (Å²) in [5.74, 6) is -0.364. The summed E-state index contributed by atoms with van der Waals surface area (Å²) in [6, 6.07) is 0. The molecule has 0 amide bonds. The van der Waals surface area contributed by atoms with Crippen molar-refractivity contribution in [3.05, 3.63) is 12.2 Å². The van der Waals surface area contributed by atoms with E-state index in [1.165, 1.54) is 0 Å². The Morgan fingerprint density at radius 1 is 1.45 bits per heavy atom. The fourth-order valence-corrected chi connectivity index (χ4v) is 0.341. The van der Waals surface area contributed by atoms with E-state index in [-0.39, 0.29) is 12.1 Å². The molecule has 0 aromatic carbocycles. The molecule has 11 heavy (non-hydrogen) atoms. The first-order valence-electron chi connectivity index (χ1n) is 3.00. The van der Waals surface area contributed by atoms with Crippen molar-refractivity contribution in [3.8, 4) is 0 Å². The third-order valence-corrected chi connectivity index (χ3v) is 0.869. The van der Waals surface area contributed by atoms with Gasteiger partial charge in [-0.3, -0.25) is 0 Å². The van der Waals surface area contributed by atoms with E-state index in [1.807, 2.05) is 0 Å². The minimum absolute atomic E-state index is 0. The van der Waals surface area contributed by atoms with Crippen molar-refractivity contribution in [1.29, 1.82) is 0 Å². The quantitative estimate of drug-likeness (QED) is 0.340. The Bertz CT molecular complexity index is 134. The highest BCUT2D eigenvalue weighted by Gasteiger charge is 2.00. The maximum Gasteiger partial charge on any atom is 0.333 e. The Morgan fingerprint density at radius 2 is 2.00 bits per heavy atom. The molecule has 0 fully saturated rings. The van der Waals surface area contributed by atoms with Gasteiger partial charge in [0.25, 0.3) is 0 Å². The predicted molar refractivity (Wildman–Crippen MR) is 40.7 cm³/mol. The van der Waals surface area contributed by atoms with Gasteiger partial charge in [-0.1, -0.05) is 6.58 Å². The SMILES string of the molecule is C=C(C)C(=O)OCCOC.[NH]. The zero-order chi connectivity index (χ0) is 7.98. The monoisotopic (exact) mass is 159 g/mol. The van der Waals surface area contributed by atoms with E-state index >= 15 is 0 Å². The fraction of sp³-hybridized carbons (Fsp3) is 0.571. The van der Waals surface area contributed by atoms with Crippen LogP contribution in [0.4, 0.5) is 0 Å². The second kappa shape index (κ2) is 7.24. The van der Waals surface area contributed by atoms with Gasteiger partial charge >= 0.3 is 5.97 Å². The number of rotatable bonds is 4. The minimum Gasteiger partial charge on any atom is -0.460 e. The molecule has 0 bridgehead atoms. The lowest BCUT2D eigenvalue weighted by Gasteiger charge is -2.01. The van der Waals surface area contributed by atoms with Crippen LogP contribution in [0.2, 0.25) is 0 Å². The third-order valence-electron chi connectivity index (χ3n) is 0.869. The van der Waals surface area contributed by atoms with Crippen LogP contribution in [0, 0.1) is 0 Å². The fourth-order valence-electron chi connectivity index (χ4n) is 0.341. The van der Waals surface area contributed by atoms with E-state index in [0.29, 0.717) is 18.8 Å². The summed E-state index contributed by atoms with van der Waals surface area (Å²) < 4.78 is 9.35. The first-order chi connectivity index (χ1) is 4.68. The average molecular weight is 159 g/mol. The normalized spacial score (nSPS) is 8.18. The number of ether oxygens (including phenoxy) is 2. The molecule has 0 saturated heterocycles. The van der Waals surface area contributed by atoms with Gasteiger partial charge in [0.1, 0.15) is 6.61 Å². The summed E-state index contributed by atoms with van der Waals surface area (Å²) in [6.07, 6.45) is 0. The lowest BCUT2D eigenvalue weighted by Crippen LogP contribution is -2.09. The minimum atomic E-state index is -0.364. The van der Waals surface area contributed by atoms with E-state index in [9.17, 15) is 4.79 Å². The molecule has 0 aliphatic carbocycles. The summed E-state index contributed by atoms with van der Waals surface area (Å²) in [6.45, 7) is 5.75. The van der Waals surface area contributed by atoms with Crippen molar-refractivity contribution < 1.29 is 14.3 Å². The number of methoxy groups -OCH3 is 1. The van der Waals surface area contributed by atoms with Crippen molar-refractivity contribution >= 4 is 5.97 Å². The Kier molecular flexibility index (Phi) is 8.41. The van der Waals surface area contributed by atoms with Crippen LogP contribution in [0.5, 0.6) is 0 Å². The van der Waals surface area contributed by atoms with Gasteiger partial charge in [-0.25, -0.2) is 4.79 Å². The van der Waals surface area contributed by atoms with Crippen LogP contribution < -0.4 is 6.15 Å². The summed E-state index contributed by atoms with van der Waals surface area (Å²) >= 11 is 0. The number of nitrogens with one attached hydrogen (secondary N) is 1. The van der Waals surface area contributed by atoms with Crippen LogP contribution in [0.25, 0.3) is 0 Å². The molecule has 0 spiro atoms. The maximum atomic E-state index is 10.6. The van der Waals surface area contributed by atoms with Crippen LogP contribution in [0.15, 0.2) is 12.2 Å². The molecule has 0 saturated carbocycles. The standard InChI is InChI=1S/C7H12O3.HN/c1-6(2)7(8)10-5-4-9-3;/h1,4-5H2,2-3H3;1H. The molecule has 1 N–H and O–H groups in total. The van der Waals surface area contributed by atoms with Crippen LogP contribution >= 0.6 is 0 Å². The van der Waals surface area contributed by atoms with Crippen LogP contribution in [0.3, 0.4) is 0 Å². The molecule has 0 aromatic heterocycles. The topological polar surface area (TPSA) is 67.5 Å². The van der Waals surface area contributed by atoms with Crippen molar-refractivity contribution in [2.45, 2.75) is 6.92 Å². The zero-order valence-electron chi connectivity index (χ0n) is 6.85. The Morgan fingerprint density at radius 3 is 2.36 bits per heavy atom. The number of hydrogen-bond acceptors (Lipinski definition) is 3. The van der Waals surface area contributed by atoms with E-state index in [4.69, 9.17) is 0 Å². The van der Waals surface area contributed by atoms with Gasteiger partial charge in [-0.15, -0.1) is 0 Å². The van der Waals surface area contributed by atoms with E-state index < -0.39 is 0 Å². The highest BCUT2D eigenvalue weighted by Crippen LogP contribution is 1.90. The number of carbonyl (C=O) groups is 1. The Labute approximate surface area is 66.8 Å². The van der Waals surface area contributed by atoms with Crippen molar-refractivity contribution in [3.63, 3.8) is 0 Å². The van der Waals surface area contributed by atoms with Crippen molar-refractivity contribution in [2.75, 3.05) is 20.3 Å². The van der Waals surface area contributed by atoms with Gasteiger partial charge in [0.05, 0.1) is 6.61 Å². The molecular formula is C7H13NO3. The van der Waals surface area contributed by atoms with Gasteiger partial charge < -0.3 is 9.47 Å². The zero-order valence-corrected chi connectivity index (χ0v) is 6.85. The number of hydrogen-bond donors (Lipinski definition) is 0. The lowest BCUT2D eigenvalue weighted by molar-refractivity contribution is -0.140. The van der Waals surface area contributed by atoms with Gasteiger partial charge in [-0.05, 0) is 6.92 Å². The smallest absolute Gasteiger partial charge is 0.333 e. The first-order valence-corrected chi connectivity index (χ1v) is 3.00. The largest absolute Gasteiger partial charge is 0.460 e. The summed E-state index contributed by atoms with van der Waals surface area (Å²) in [4.78, 5) is 10.6. The van der Waals surface area contributed by atoms with Crippen molar-refractivity contribution in [1.82, 2.24) is 6.15 Å². The molecule has 2 radical (unpaired) electrons. The molecule has 0 aliphatic heterocycles. The summed E-state index contributed by atoms with van der Waals surface area (Å²) in [7, 11) is 1.55. The molecule has 4 nitrogen and oxygen atoms in total. The molecular weight excluding hydrogens is 146 g/mol. The predicted octanol–water partition coefficient (Wildman–Crippen LogP) is 0.486. The van der Waals surface area contributed by atoms with Gasteiger partial charge in [0, 0.05) is 12.7 Å². The molecule has 0 rings (SSSR count). The highest BCUT2D eigenvalue weighted by molar-refractivity contribution is 5.86. The van der Waals surface area contributed by atoms with E-state index in [1.54, 1.807) is 14.0 Å². The Balaban J connectivity index is 0. The van der Waals surface area contributed by atoms with Gasteiger partial charge in [-0.2, -0.15) is 6.15 Å². The molecule has 0 atom stereocenters. The molecule has 4 heteroatoms.